The molecule has 0 fully saturated rings. The van der Waals surface area contributed by atoms with Crippen LogP contribution in [0.25, 0.3) is 22.6 Å². The number of carbonyl (C=O) groups is 1. The van der Waals surface area contributed by atoms with E-state index in [1.54, 1.807) is 18.3 Å². The Morgan fingerprint density at radius 1 is 1.14 bits per heavy atom. The van der Waals surface area contributed by atoms with E-state index in [1.807, 2.05) is 6.07 Å². The van der Waals surface area contributed by atoms with Gasteiger partial charge in [0, 0.05) is 6.20 Å². The number of carboxylic acid groups (broad SMARTS) is 1. The van der Waals surface area contributed by atoms with Crippen LogP contribution in [0.4, 0.5) is 4.39 Å². The molecule has 104 valence electrons. The normalized spacial score (nSPS) is 10.5. The van der Waals surface area contributed by atoms with Crippen LogP contribution >= 0.6 is 0 Å². The maximum atomic E-state index is 13.0. The lowest BCUT2D eigenvalue weighted by molar-refractivity contribution is 0.0698. The van der Waals surface area contributed by atoms with Crippen LogP contribution in [0.1, 0.15) is 10.4 Å². The number of hydrogen-bond acceptors (Lipinski definition) is 2. The van der Waals surface area contributed by atoms with E-state index in [4.69, 9.17) is 0 Å². The van der Waals surface area contributed by atoms with Crippen LogP contribution in [0.2, 0.25) is 0 Å². The minimum atomic E-state index is -1.05. The smallest absolute Gasteiger partial charge is 0.337 e. The first-order valence-electron chi connectivity index (χ1n) is 6.29. The molecular weight excluding hydrogens is 271 g/mol. The van der Waals surface area contributed by atoms with Crippen molar-refractivity contribution in [3.63, 3.8) is 0 Å². The Morgan fingerprint density at radius 3 is 2.52 bits per heavy atom. The van der Waals surface area contributed by atoms with Crippen molar-refractivity contribution in [3.05, 3.63) is 66.1 Å². The molecule has 0 spiro atoms. The molecule has 0 aliphatic heterocycles. The van der Waals surface area contributed by atoms with E-state index in [-0.39, 0.29) is 11.4 Å². The monoisotopic (exact) mass is 282 g/mol. The van der Waals surface area contributed by atoms with Gasteiger partial charge < -0.3 is 10.1 Å². The number of nitrogens with zero attached hydrogens (tertiary/aromatic N) is 1. The molecule has 1 aromatic carbocycles. The second-order valence-corrected chi connectivity index (χ2v) is 4.50. The number of aromatic nitrogens is 2. The summed E-state index contributed by atoms with van der Waals surface area (Å²) >= 11 is 0. The highest BCUT2D eigenvalue weighted by Gasteiger charge is 2.17. The largest absolute Gasteiger partial charge is 0.478 e. The van der Waals surface area contributed by atoms with Gasteiger partial charge >= 0.3 is 5.97 Å². The number of H-pyrrole nitrogens is 1. The minimum Gasteiger partial charge on any atom is -0.478 e. The molecule has 0 aliphatic rings. The molecule has 21 heavy (non-hydrogen) atoms. The fraction of sp³-hybridized carbons (Fsp3) is 0. The van der Waals surface area contributed by atoms with Crippen molar-refractivity contribution in [1.82, 2.24) is 9.97 Å². The summed E-state index contributed by atoms with van der Waals surface area (Å²) in [5.41, 5.74) is 2.42. The molecule has 0 aliphatic carbocycles. The maximum Gasteiger partial charge on any atom is 0.337 e. The molecule has 0 bridgehead atoms. The Morgan fingerprint density at radius 2 is 1.90 bits per heavy atom. The van der Waals surface area contributed by atoms with Crippen molar-refractivity contribution in [2.24, 2.45) is 0 Å². The first-order chi connectivity index (χ1) is 10.1. The number of carboxylic acids is 1. The zero-order valence-corrected chi connectivity index (χ0v) is 10.9. The van der Waals surface area contributed by atoms with Crippen molar-refractivity contribution in [2.45, 2.75) is 0 Å². The number of benzene rings is 1. The van der Waals surface area contributed by atoms with E-state index in [0.29, 0.717) is 22.6 Å². The molecule has 2 aromatic heterocycles. The van der Waals surface area contributed by atoms with Crippen molar-refractivity contribution in [3.8, 4) is 22.6 Å². The minimum absolute atomic E-state index is 0.127. The molecule has 4 nitrogen and oxygen atoms in total. The first kappa shape index (κ1) is 13.1. The lowest BCUT2D eigenvalue weighted by atomic mass is 10.1. The van der Waals surface area contributed by atoms with Gasteiger partial charge in [-0.3, -0.25) is 4.98 Å². The number of pyridine rings is 1. The summed E-state index contributed by atoms with van der Waals surface area (Å²) in [5, 5.41) is 9.33. The number of rotatable bonds is 3. The Balaban J connectivity index is 2.14. The zero-order valence-electron chi connectivity index (χ0n) is 10.9. The fourth-order valence-corrected chi connectivity index (χ4v) is 2.13. The first-order valence-corrected chi connectivity index (χ1v) is 6.29. The number of halogens is 1. The van der Waals surface area contributed by atoms with Gasteiger partial charge in [0.1, 0.15) is 5.82 Å². The molecule has 0 saturated heterocycles. The van der Waals surface area contributed by atoms with Crippen LogP contribution < -0.4 is 0 Å². The second kappa shape index (κ2) is 5.20. The van der Waals surface area contributed by atoms with Crippen LogP contribution in [0.5, 0.6) is 0 Å². The fourth-order valence-electron chi connectivity index (χ4n) is 2.13. The van der Waals surface area contributed by atoms with Gasteiger partial charge in [0.2, 0.25) is 0 Å². The molecule has 5 heteroatoms. The average Bonchev–Trinajstić information content (AvgIpc) is 2.94. The van der Waals surface area contributed by atoms with Gasteiger partial charge in [-0.1, -0.05) is 6.07 Å². The summed E-state index contributed by atoms with van der Waals surface area (Å²) in [6, 6.07) is 12.6. The van der Waals surface area contributed by atoms with E-state index in [2.05, 4.69) is 9.97 Å². The molecule has 0 unspecified atom stereocenters. The maximum absolute atomic E-state index is 13.0. The van der Waals surface area contributed by atoms with Gasteiger partial charge in [-0.2, -0.15) is 0 Å². The van der Waals surface area contributed by atoms with Crippen molar-refractivity contribution in [1.29, 1.82) is 0 Å². The highest BCUT2D eigenvalue weighted by atomic mass is 19.1. The lowest BCUT2D eigenvalue weighted by Gasteiger charge is -2.01. The number of aromatic carboxylic acids is 1. The summed E-state index contributed by atoms with van der Waals surface area (Å²) in [6.07, 6.45) is 1.63. The van der Waals surface area contributed by atoms with E-state index < -0.39 is 5.97 Å². The summed E-state index contributed by atoms with van der Waals surface area (Å²) in [5.74, 6) is -1.42. The van der Waals surface area contributed by atoms with E-state index in [9.17, 15) is 14.3 Å². The van der Waals surface area contributed by atoms with E-state index in [1.165, 1.54) is 30.3 Å². The molecule has 2 N–H and O–H groups in total. The quantitative estimate of drug-likeness (QED) is 0.771. The predicted molar refractivity (Wildman–Crippen MR) is 76.4 cm³/mol. The van der Waals surface area contributed by atoms with Crippen LogP contribution in [-0.2, 0) is 0 Å². The third-order valence-corrected chi connectivity index (χ3v) is 3.12. The third kappa shape index (κ3) is 2.53. The van der Waals surface area contributed by atoms with Gasteiger partial charge in [-0.05, 0) is 48.0 Å². The summed E-state index contributed by atoms with van der Waals surface area (Å²) < 4.78 is 13.0. The highest BCUT2D eigenvalue weighted by Crippen LogP contribution is 2.28. The van der Waals surface area contributed by atoms with Crippen LogP contribution in [0.3, 0.4) is 0 Å². The molecular formula is C16H11FN2O2. The SMILES string of the molecule is O=C(O)c1cc(-c2ccccn2)[nH]c1-c1ccc(F)cc1. The zero-order chi connectivity index (χ0) is 14.8. The predicted octanol–water partition coefficient (Wildman–Crippen LogP) is 3.58. The lowest BCUT2D eigenvalue weighted by Crippen LogP contribution is -1.96. The average molecular weight is 282 g/mol. The molecule has 3 rings (SSSR count). The van der Waals surface area contributed by atoms with E-state index in [0.717, 1.165) is 0 Å². The van der Waals surface area contributed by atoms with Gasteiger partial charge in [0.25, 0.3) is 0 Å². The number of hydrogen-bond donors (Lipinski definition) is 2. The Labute approximate surface area is 119 Å². The molecule has 0 saturated carbocycles. The summed E-state index contributed by atoms with van der Waals surface area (Å²) in [6.45, 7) is 0. The number of aromatic amines is 1. The molecule has 0 amide bonds. The third-order valence-electron chi connectivity index (χ3n) is 3.12. The Hall–Kier alpha value is -2.95. The molecule has 0 radical (unpaired) electrons. The topological polar surface area (TPSA) is 66.0 Å². The molecule has 2 heterocycles. The van der Waals surface area contributed by atoms with Gasteiger partial charge in [0.15, 0.2) is 0 Å². The van der Waals surface area contributed by atoms with E-state index >= 15 is 0 Å². The standard InChI is InChI=1S/C16H11FN2O2/c17-11-6-4-10(5-7-11)15-12(16(20)21)9-14(19-15)13-3-1-2-8-18-13/h1-9,19H,(H,20,21). The van der Waals surface area contributed by atoms with Crippen molar-refractivity contribution >= 4 is 5.97 Å². The summed E-state index contributed by atoms with van der Waals surface area (Å²) in [4.78, 5) is 18.6. The van der Waals surface area contributed by atoms with Gasteiger partial charge in [-0.25, -0.2) is 9.18 Å². The van der Waals surface area contributed by atoms with Crippen molar-refractivity contribution < 1.29 is 14.3 Å². The number of nitrogens with one attached hydrogen (secondary N) is 1. The molecule has 0 atom stereocenters. The summed E-state index contributed by atoms with van der Waals surface area (Å²) in [7, 11) is 0. The highest BCUT2D eigenvalue weighted by molar-refractivity contribution is 5.97. The Bertz CT molecular complexity index is 780. The van der Waals surface area contributed by atoms with Crippen LogP contribution in [-0.4, -0.2) is 21.0 Å². The van der Waals surface area contributed by atoms with Crippen molar-refractivity contribution in [2.75, 3.05) is 0 Å². The van der Waals surface area contributed by atoms with Gasteiger partial charge in [0.05, 0.1) is 22.6 Å². The Kier molecular flexibility index (Phi) is 3.23. The van der Waals surface area contributed by atoms with Crippen LogP contribution in [0, 0.1) is 5.82 Å². The second-order valence-electron chi connectivity index (χ2n) is 4.50. The molecule has 3 aromatic rings. The van der Waals surface area contributed by atoms with Crippen LogP contribution in [0.15, 0.2) is 54.7 Å². The van der Waals surface area contributed by atoms with Gasteiger partial charge in [-0.15, -0.1) is 0 Å².